The summed E-state index contributed by atoms with van der Waals surface area (Å²) in [6, 6.07) is 16.8. The Bertz CT molecular complexity index is 975. The molecule has 3 aromatic rings. The summed E-state index contributed by atoms with van der Waals surface area (Å²) >= 11 is 0. The van der Waals surface area contributed by atoms with Crippen LogP contribution >= 0.6 is 24.0 Å². The van der Waals surface area contributed by atoms with Crippen LogP contribution in [0.3, 0.4) is 0 Å². The number of hydrogen-bond acceptors (Lipinski definition) is 3. The molecule has 31 heavy (non-hydrogen) atoms. The SMILES string of the molecule is CN=C(NCCc1coc(-c2ccc(F)cc2)n1)N1CCC(Cc2ccccc2)C1.I. The molecular weight excluding hydrogens is 506 g/mol. The molecule has 1 atom stereocenters. The van der Waals surface area contributed by atoms with Crippen LogP contribution in [0.4, 0.5) is 4.39 Å². The molecule has 1 aliphatic rings. The molecule has 1 N–H and O–H groups in total. The molecule has 0 radical (unpaired) electrons. The van der Waals surface area contributed by atoms with E-state index in [9.17, 15) is 4.39 Å². The second kappa shape index (κ2) is 11.3. The maximum absolute atomic E-state index is 13.1. The van der Waals surface area contributed by atoms with Crippen molar-refractivity contribution in [1.29, 1.82) is 0 Å². The van der Waals surface area contributed by atoms with Crippen molar-refractivity contribution in [3.8, 4) is 11.5 Å². The minimum atomic E-state index is -0.269. The van der Waals surface area contributed by atoms with Crippen LogP contribution in [0.1, 0.15) is 17.7 Å². The van der Waals surface area contributed by atoms with Crippen LogP contribution in [-0.4, -0.2) is 42.5 Å². The average Bonchev–Trinajstić information content (AvgIpc) is 3.42. The van der Waals surface area contributed by atoms with Gasteiger partial charge in [-0.1, -0.05) is 30.3 Å². The Kier molecular flexibility index (Phi) is 8.45. The van der Waals surface area contributed by atoms with Crippen LogP contribution < -0.4 is 5.32 Å². The highest BCUT2D eigenvalue weighted by atomic mass is 127. The fourth-order valence-corrected chi connectivity index (χ4v) is 3.92. The zero-order chi connectivity index (χ0) is 20.8. The second-order valence-corrected chi connectivity index (χ2v) is 7.67. The molecule has 1 fully saturated rings. The number of nitrogens with one attached hydrogen (secondary N) is 1. The van der Waals surface area contributed by atoms with Crippen LogP contribution in [-0.2, 0) is 12.8 Å². The van der Waals surface area contributed by atoms with Gasteiger partial charge in [-0.25, -0.2) is 9.37 Å². The van der Waals surface area contributed by atoms with Gasteiger partial charge in [0.05, 0.1) is 5.69 Å². The molecule has 1 unspecified atom stereocenters. The Morgan fingerprint density at radius 1 is 1.19 bits per heavy atom. The monoisotopic (exact) mass is 534 g/mol. The van der Waals surface area contributed by atoms with Crippen molar-refractivity contribution in [3.63, 3.8) is 0 Å². The van der Waals surface area contributed by atoms with Gasteiger partial charge in [-0.2, -0.15) is 0 Å². The maximum atomic E-state index is 13.1. The Morgan fingerprint density at radius 3 is 2.71 bits per heavy atom. The van der Waals surface area contributed by atoms with Crippen LogP contribution in [0.5, 0.6) is 0 Å². The highest BCUT2D eigenvalue weighted by Crippen LogP contribution is 2.21. The molecule has 1 aliphatic heterocycles. The number of benzene rings is 2. The van der Waals surface area contributed by atoms with Crippen molar-refractivity contribution >= 4 is 29.9 Å². The summed E-state index contributed by atoms with van der Waals surface area (Å²) in [7, 11) is 1.83. The lowest BCUT2D eigenvalue weighted by Gasteiger charge is -2.21. The molecular formula is C24H28FIN4O. The van der Waals surface area contributed by atoms with Gasteiger partial charge in [-0.3, -0.25) is 4.99 Å². The number of aromatic nitrogens is 1. The van der Waals surface area contributed by atoms with E-state index in [-0.39, 0.29) is 29.8 Å². The fourth-order valence-electron chi connectivity index (χ4n) is 3.92. The van der Waals surface area contributed by atoms with E-state index in [0.717, 1.165) is 49.7 Å². The van der Waals surface area contributed by atoms with Crippen molar-refractivity contribution in [3.05, 3.63) is 77.9 Å². The first kappa shape index (κ1) is 23.2. The molecule has 0 bridgehead atoms. The van der Waals surface area contributed by atoms with Crippen molar-refractivity contribution in [2.75, 3.05) is 26.7 Å². The van der Waals surface area contributed by atoms with Gasteiger partial charge in [-0.05, 0) is 48.6 Å². The minimum absolute atomic E-state index is 0. The van der Waals surface area contributed by atoms with Crippen molar-refractivity contribution in [1.82, 2.24) is 15.2 Å². The molecule has 1 aromatic heterocycles. The van der Waals surface area contributed by atoms with Gasteiger partial charge in [-0.15, -0.1) is 24.0 Å². The van der Waals surface area contributed by atoms with E-state index in [1.54, 1.807) is 18.4 Å². The predicted octanol–water partition coefficient (Wildman–Crippen LogP) is 4.78. The van der Waals surface area contributed by atoms with Crippen LogP contribution in [0, 0.1) is 11.7 Å². The Hall–Kier alpha value is -2.42. The van der Waals surface area contributed by atoms with Crippen molar-refractivity contribution in [2.45, 2.75) is 19.3 Å². The third kappa shape index (κ3) is 6.29. The summed E-state index contributed by atoms with van der Waals surface area (Å²) in [5.41, 5.74) is 3.03. The average molecular weight is 534 g/mol. The number of aliphatic imine (C=N–C) groups is 1. The highest BCUT2D eigenvalue weighted by molar-refractivity contribution is 14.0. The van der Waals surface area contributed by atoms with Gasteiger partial charge in [0.1, 0.15) is 12.1 Å². The lowest BCUT2D eigenvalue weighted by molar-refractivity contribution is 0.460. The molecule has 1 saturated heterocycles. The maximum Gasteiger partial charge on any atom is 0.226 e. The Balaban J connectivity index is 0.00000272. The number of likely N-dealkylation sites (tertiary alicyclic amines) is 1. The summed E-state index contributed by atoms with van der Waals surface area (Å²) < 4.78 is 18.6. The van der Waals surface area contributed by atoms with E-state index in [1.165, 1.54) is 24.1 Å². The molecule has 0 aliphatic carbocycles. The molecule has 0 spiro atoms. The quantitative estimate of drug-likeness (QED) is 0.281. The molecule has 2 heterocycles. The standard InChI is InChI=1S/C24H27FN4O.HI/c1-26-24(29-14-12-19(16-29)15-18-5-3-2-4-6-18)27-13-11-22-17-30-23(28-22)20-7-9-21(25)10-8-20;/h2-10,17,19H,11-16H2,1H3,(H,26,27);1H. The van der Waals surface area contributed by atoms with Crippen LogP contribution in [0.15, 0.2) is 70.3 Å². The summed E-state index contributed by atoms with van der Waals surface area (Å²) in [6.45, 7) is 2.77. The Morgan fingerprint density at radius 2 is 1.97 bits per heavy atom. The topological polar surface area (TPSA) is 53.7 Å². The molecule has 0 saturated carbocycles. The Labute approximate surface area is 199 Å². The molecule has 164 valence electrons. The van der Waals surface area contributed by atoms with Gasteiger partial charge in [0, 0.05) is 38.7 Å². The third-order valence-corrected chi connectivity index (χ3v) is 5.47. The first-order valence-corrected chi connectivity index (χ1v) is 10.4. The summed E-state index contributed by atoms with van der Waals surface area (Å²) in [4.78, 5) is 11.3. The summed E-state index contributed by atoms with van der Waals surface area (Å²) in [6.07, 6.45) is 4.68. The van der Waals surface area contributed by atoms with Gasteiger partial charge >= 0.3 is 0 Å². The lowest BCUT2D eigenvalue weighted by atomic mass is 9.99. The molecule has 2 aromatic carbocycles. The summed E-state index contributed by atoms with van der Waals surface area (Å²) in [5.74, 6) is 1.83. The van der Waals surface area contributed by atoms with E-state index in [0.29, 0.717) is 11.8 Å². The van der Waals surface area contributed by atoms with E-state index < -0.39 is 0 Å². The van der Waals surface area contributed by atoms with Crippen LogP contribution in [0.25, 0.3) is 11.5 Å². The number of guanidine groups is 1. The third-order valence-electron chi connectivity index (χ3n) is 5.47. The first-order chi connectivity index (χ1) is 14.7. The van der Waals surface area contributed by atoms with E-state index in [4.69, 9.17) is 4.42 Å². The van der Waals surface area contributed by atoms with Crippen LogP contribution in [0.2, 0.25) is 0 Å². The zero-order valence-corrected chi connectivity index (χ0v) is 20.0. The zero-order valence-electron chi connectivity index (χ0n) is 17.6. The largest absolute Gasteiger partial charge is 0.444 e. The molecule has 7 heteroatoms. The van der Waals surface area contributed by atoms with Gasteiger partial charge < -0.3 is 14.6 Å². The highest BCUT2D eigenvalue weighted by Gasteiger charge is 2.24. The number of halogens is 2. The fraction of sp³-hybridized carbons (Fsp3) is 0.333. The number of hydrogen-bond donors (Lipinski definition) is 1. The number of rotatable bonds is 6. The number of oxazole rings is 1. The van der Waals surface area contributed by atoms with E-state index >= 15 is 0 Å². The molecule has 4 rings (SSSR count). The molecule has 0 amide bonds. The first-order valence-electron chi connectivity index (χ1n) is 10.4. The predicted molar refractivity (Wildman–Crippen MR) is 132 cm³/mol. The molecule has 5 nitrogen and oxygen atoms in total. The number of nitrogens with zero attached hydrogens (tertiary/aromatic N) is 3. The van der Waals surface area contributed by atoms with Gasteiger partial charge in [0.15, 0.2) is 5.96 Å². The second-order valence-electron chi connectivity index (χ2n) is 7.67. The smallest absolute Gasteiger partial charge is 0.226 e. The van der Waals surface area contributed by atoms with E-state index in [2.05, 4.69) is 50.5 Å². The van der Waals surface area contributed by atoms with Crippen molar-refractivity contribution < 1.29 is 8.81 Å². The van der Waals surface area contributed by atoms with Gasteiger partial charge in [0.2, 0.25) is 5.89 Å². The minimum Gasteiger partial charge on any atom is -0.444 e. The summed E-state index contributed by atoms with van der Waals surface area (Å²) in [5, 5.41) is 3.45. The van der Waals surface area contributed by atoms with Gasteiger partial charge in [0.25, 0.3) is 0 Å². The van der Waals surface area contributed by atoms with Crippen molar-refractivity contribution in [2.24, 2.45) is 10.9 Å². The normalized spacial score (nSPS) is 16.3. The lowest BCUT2D eigenvalue weighted by Crippen LogP contribution is -2.41. The van der Waals surface area contributed by atoms with E-state index in [1.807, 2.05) is 7.05 Å².